The first-order chi connectivity index (χ1) is 14.9. The molecule has 2 aliphatic heterocycles. The molecule has 0 aromatic carbocycles. The predicted molar refractivity (Wildman–Crippen MR) is 121 cm³/mol. The number of carboxylic acid groups (broad SMARTS) is 1. The zero-order chi connectivity index (χ0) is 21.6. The maximum absolute atomic E-state index is 13.2. The number of fused-ring (bicyclic) bond motifs is 1. The van der Waals surface area contributed by atoms with Gasteiger partial charge in [0.25, 0.3) is 0 Å². The quantitative estimate of drug-likeness (QED) is 0.677. The van der Waals surface area contributed by atoms with Gasteiger partial charge in [-0.15, -0.1) is 11.3 Å². The van der Waals surface area contributed by atoms with Crippen LogP contribution in [0.5, 0.6) is 0 Å². The Bertz CT molecular complexity index is 818. The Morgan fingerprint density at radius 2 is 1.87 bits per heavy atom. The molecule has 2 aliphatic carbocycles. The van der Waals surface area contributed by atoms with Crippen LogP contribution in [0.4, 0.5) is 9.93 Å². The molecule has 1 aromatic heterocycles. The summed E-state index contributed by atoms with van der Waals surface area (Å²) in [6.45, 7) is 3.89. The predicted octanol–water partition coefficient (Wildman–Crippen LogP) is 3.52. The largest absolute Gasteiger partial charge is 0.481 e. The minimum atomic E-state index is -0.703. The summed E-state index contributed by atoms with van der Waals surface area (Å²) in [5.41, 5.74) is 1.23. The van der Waals surface area contributed by atoms with Gasteiger partial charge in [0.2, 0.25) is 0 Å². The molecule has 0 bridgehead atoms. The number of carbonyl (C=O) groups excluding carboxylic acids is 1. The van der Waals surface area contributed by atoms with Crippen LogP contribution in [0.2, 0.25) is 0 Å². The second-order valence-electron chi connectivity index (χ2n) is 10.3. The smallest absolute Gasteiger partial charge is 0.326 e. The lowest BCUT2D eigenvalue weighted by Crippen LogP contribution is -2.47. The van der Waals surface area contributed by atoms with Crippen molar-refractivity contribution in [2.45, 2.75) is 76.3 Å². The van der Waals surface area contributed by atoms with Gasteiger partial charge in [0.15, 0.2) is 5.13 Å². The first kappa shape index (κ1) is 21.2. The van der Waals surface area contributed by atoms with Gasteiger partial charge in [0.05, 0.1) is 31.9 Å². The van der Waals surface area contributed by atoms with Gasteiger partial charge in [0.1, 0.15) is 0 Å². The minimum Gasteiger partial charge on any atom is -0.481 e. The number of aliphatic carboxylic acids is 1. The monoisotopic (exact) mass is 447 g/mol. The Kier molecular flexibility index (Phi) is 5.71. The van der Waals surface area contributed by atoms with Gasteiger partial charge < -0.3 is 14.5 Å². The number of hydrogen-bond donors (Lipinski definition) is 1. The van der Waals surface area contributed by atoms with E-state index in [1.807, 2.05) is 4.90 Å². The van der Waals surface area contributed by atoms with Crippen LogP contribution in [0.15, 0.2) is 0 Å². The lowest BCUT2D eigenvalue weighted by atomic mass is 9.83. The molecule has 1 unspecified atom stereocenters. The van der Waals surface area contributed by atoms with Crippen LogP contribution in [0.3, 0.4) is 0 Å². The lowest BCUT2D eigenvalue weighted by Gasteiger charge is -2.34. The molecular formula is C23H35N4O3S+. The summed E-state index contributed by atoms with van der Waals surface area (Å²) < 4.78 is 1.20. The second-order valence-corrected chi connectivity index (χ2v) is 11.3. The topological polar surface area (TPSA) is 73.7 Å². The molecule has 170 valence electrons. The zero-order valence-electron chi connectivity index (χ0n) is 18.6. The maximum Gasteiger partial charge on any atom is 0.326 e. The highest BCUT2D eigenvalue weighted by Gasteiger charge is 2.43. The van der Waals surface area contributed by atoms with Crippen molar-refractivity contribution in [3.05, 3.63) is 10.6 Å². The molecule has 0 spiro atoms. The van der Waals surface area contributed by atoms with Crippen LogP contribution in [0, 0.1) is 5.92 Å². The van der Waals surface area contributed by atoms with E-state index < -0.39 is 5.97 Å². The van der Waals surface area contributed by atoms with E-state index in [9.17, 15) is 9.59 Å². The van der Waals surface area contributed by atoms with Crippen LogP contribution in [-0.2, 0) is 17.6 Å². The van der Waals surface area contributed by atoms with E-state index in [2.05, 4.69) is 11.9 Å². The Morgan fingerprint density at radius 1 is 1.13 bits per heavy atom. The molecule has 1 saturated heterocycles. The fraction of sp³-hybridized carbons (Fsp3) is 0.783. The van der Waals surface area contributed by atoms with Gasteiger partial charge in [-0.2, -0.15) is 0 Å². The highest BCUT2D eigenvalue weighted by Crippen LogP contribution is 2.38. The van der Waals surface area contributed by atoms with Crippen molar-refractivity contribution in [1.82, 2.24) is 9.88 Å². The van der Waals surface area contributed by atoms with Crippen LogP contribution in [0.25, 0.3) is 0 Å². The van der Waals surface area contributed by atoms with E-state index >= 15 is 0 Å². The van der Waals surface area contributed by atoms with Crippen LogP contribution in [-0.4, -0.2) is 76.8 Å². The molecule has 5 rings (SSSR count). The molecule has 2 amide bonds. The number of likely N-dealkylation sites (N-methyl/N-ethyl adjacent to an activating group) is 1. The SMILES string of the molecule is C[N+]1(C2CC2)CCc2nc(N3CCN(C4CCC(CCC(=O)O)CC4)C3=O)sc2CC1. The molecule has 2 saturated carbocycles. The standard InChI is InChI=1S/C23H34N4O3S/c1-27(18-7-8-18)14-10-19-20(11-15-27)31-22(24-19)26-13-12-25(23(26)30)17-5-2-16(3-6-17)4-9-21(28)29/h16-18H,2-15H2,1H3/p+1. The van der Waals surface area contributed by atoms with E-state index in [0.29, 0.717) is 12.0 Å². The highest BCUT2D eigenvalue weighted by atomic mass is 32.1. The number of carboxylic acids is 1. The summed E-state index contributed by atoms with van der Waals surface area (Å²) in [4.78, 5) is 34.4. The number of amides is 2. The number of carbonyl (C=O) groups is 2. The first-order valence-electron chi connectivity index (χ1n) is 12.1. The maximum atomic E-state index is 13.2. The summed E-state index contributed by atoms with van der Waals surface area (Å²) >= 11 is 1.74. The molecule has 1 aromatic rings. The number of thiazole rings is 1. The average Bonchev–Trinajstić information content (AvgIpc) is 3.48. The summed E-state index contributed by atoms with van der Waals surface area (Å²) in [7, 11) is 2.41. The molecule has 3 heterocycles. The van der Waals surface area contributed by atoms with E-state index in [4.69, 9.17) is 10.1 Å². The summed E-state index contributed by atoms with van der Waals surface area (Å²) in [6, 6.07) is 1.28. The Balaban J connectivity index is 1.18. The Hall–Kier alpha value is -1.67. The van der Waals surface area contributed by atoms with Crippen molar-refractivity contribution in [3.8, 4) is 0 Å². The third kappa shape index (κ3) is 4.33. The van der Waals surface area contributed by atoms with Crippen molar-refractivity contribution in [2.75, 3.05) is 38.1 Å². The molecule has 4 aliphatic rings. The molecular weight excluding hydrogens is 412 g/mol. The number of nitrogens with zero attached hydrogens (tertiary/aromatic N) is 4. The number of aromatic nitrogens is 1. The van der Waals surface area contributed by atoms with E-state index in [1.54, 1.807) is 11.3 Å². The van der Waals surface area contributed by atoms with Crippen LogP contribution >= 0.6 is 11.3 Å². The van der Waals surface area contributed by atoms with Gasteiger partial charge in [0, 0.05) is 56.1 Å². The number of anilines is 1. The molecule has 7 nitrogen and oxygen atoms in total. The van der Waals surface area contributed by atoms with Crippen molar-refractivity contribution in [2.24, 2.45) is 5.92 Å². The molecule has 31 heavy (non-hydrogen) atoms. The van der Waals surface area contributed by atoms with E-state index in [1.165, 1.54) is 41.0 Å². The van der Waals surface area contributed by atoms with Crippen molar-refractivity contribution in [1.29, 1.82) is 0 Å². The number of hydrogen-bond acceptors (Lipinski definition) is 4. The van der Waals surface area contributed by atoms with Gasteiger partial charge in [-0.3, -0.25) is 9.69 Å². The van der Waals surface area contributed by atoms with Crippen LogP contribution < -0.4 is 4.90 Å². The van der Waals surface area contributed by atoms with Crippen molar-refractivity contribution >= 4 is 28.5 Å². The van der Waals surface area contributed by atoms with Crippen LogP contribution in [0.1, 0.15) is 61.9 Å². The molecule has 1 atom stereocenters. The normalized spacial score (nSPS) is 31.6. The molecule has 1 N–H and O–H groups in total. The van der Waals surface area contributed by atoms with E-state index in [0.717, 1.165) is 69.2 Å². The molecule has 0 radical (unpaired) electrons. The van der Waals surface area contributed by atoms with Crippen molar-refractivity contribution < 1.29 is 19.2 Å². The van der Waals surface area contributed by atoms with Crippen molar-refractivity contribution in [3.63, 3.8) is 0 Å². The van der Waals surface area contributed by atoms with Gasteiger partial charge in [-0.05, 0) is 38.0 Å². The van der Waals surface area contributed by atoms with E-state index in [-0.39, 0.29) is 12.5 Å². The number of quaternary nitrogens is 1. The van der Waals surface area contributed by atoms with Gasteiger partial charge in [-0.25, -0.2) is 9.78 Å². The third-order valence-corrected chi connectivity index (χ3v) is 9.38. The fourth-order valence-corrected chi connectivity index (χ4v) is 7.03. The summed E-state index contributed by atoms with van der Waals surface area (Å²) in [5, 5.41) is 9.80. The van der Waals surface area contributed by atoms with Gasteiger partial charge in [-0.1, -0.05) is 0 Å². The third-order valence-electron chi connectivity index (χ3n) is 8.20. The minimum absolute atomic E-state index is 0.122. The zero-order valence-corrected chi connectivity index (χ0v) is 19.4. The molecule has 8 heteroatoms. The fourth-order valence-electron chi connectivity index (χ4n) is 5.91. The van der Waals surface area contributed by atoms with Gasteiger partial charge >= 0.3 is 12.0 Å². The molecule has 3 fully saturated rings. The Morgan fingerprint density at radius 3 is 2.58 bits per heavy atom. The summed E-state index contributed by atoms with van der Waals surface area (Å²) in [5.74, 6) is -0.207. The highest BCUT2D eigenvalue weighted by molar-refractivity contribution is 7.16. The number of urea groups is 1. The summed E-state index contributed by atoms with van der Waals surface area (Å²) in [6.07, 6.45) is 9.97. The Labute approximate surface area is 188 Å². The first-order valence-corrected chi connectivity index (χ1v) is 12.9. The second kappa shape index (κ2) is 8.35. The lowest BCUT2D eigenvalue weighted by molar-refractivity contribution is -0.919. The average molecular weight is 448 g/mol. The number of rotatable bonds is 6.